The average Bonchev–Trinajstić information content (AvgIpc) is 2.05. The maximum absolute atomic E-state index is 8.74. The quantitative estimate of drug-likeness (QED) is 0.563. The van der Waals surface area contributed by atoms with Crippen LogP contribution < -0.4 is 4.16 Å². The first-order chi connectivity index (χ1) is 5.66. The normalized spacial score (nSPS) is 8.33. The van der Waals surface area contributed by atoms with Gasteiger partial charge in [0.1, 0.15) is 0 Å². The van der Waals surface area contributed by atoms with E-state index in [9.17, 15) is 0 Å². The molecule has 1 aromatic carbocycles. The Morgan fingerprint density at radius 2 is 1.67 bits per heavy atom. The Morgan fingerprint density at radius 3 is 1.92 bits per heavy atom. The number of hydrogen-bond acceptors (Lipinski definition) is 1. The summed E-state index contributed by atoms with van der Waals surface area (Å²) in [5.74, 6) is 0. The van der Waals surface area contributed by atoms with E-state index in [1.807, 2.05) is 0 Å². The number of rotatable bonds is 1. The molecule has 1 aromatic rings. The van der Waals surface area contributed by atoms with Crippen LogP contribution in [0.2, 0.25) is 5.52 Å². The van der Waals surface area contributed by atoms with Gasteiger partial charge in [-0.05, 0) is 0 Å². The molecule has 0 aromatic heterocycles. The standard InChI is InChI=1S/C6H5.CH3.H3O3P.Zn/c1-2-4-6-5-3-1;;1-4(2)3;/h1-5H;1H3;4H,(H2,1,2,3);. The molecule has 0 spiro atoms. The van der Waals surface area contributed by atoms with Crippen LogP contribution in [0.5, 0.6) is 0 Å². The fraction of sp³-hybridized carbons (Fsp3) is 0.143. The van der Waals surface area contributed by atoms with Crippen molar-refractivity contribution >= 4 is 12.4 Å². The first-order valence-electron chi connectivity index (χ1n) is 3.62. The average molecular weight is 240 g/mol. The minimum atomic E-state index is -3.13. The molecule has 0 saturated heterocycles. The Labute approximate surface area is 80.0 Å². The van der Waals surface area contributed by atoms with E-state index in [1.165, 1.54) is 0 Å². The van der Waals surface area contributed by atoms with Crippen LogP contribution in [0, 0.1) is 0 Å². The molecule has 0 bridgehead atoms. The first kappa shape index (κ1) is 12.0. The summed E-state index contributed by atoms with van der Waals surface area (Å²) in [6.45, 7) is 0. The fourth-order valence-electron chi connectivity index (χ4n) is 0.714. The van der Waals surface area contributed by atoms with Crippen LogP contribution in [0.1, 0.15) is 0 Å². The molecule has 2 N–H and O–H groups in total. The molecule has 5 heteroatoms. The maximum atomic E-state index is 8.74. The summed E-state index contributed by atoms with van der Waals surface area (Å²) in [7, 11) is -3.13. The molecule has 0 amide bonds. The van der Waals surface area contributed by atoms with Gasteiger partial charge < -0.3 is 9.79 Å². The van der Waals surface area contributed by atoms with E-state index in [2.05, 4.69) is 35.8 Å². The summed E-state index contributed by atoms with van der Waals surface area (Å²) in [6.07, 6.45) is 0. The second-order valence-corrected chi connectivity index (χ2v) is 5.88. The van der Waals surface area contributed by atoms with Crippen LogP contribution in [0.25, 0.3) is 0 Å². The van der Waals surface area contributed by atoms with Gasteiger partial charge in [-0.3, -0.25) is 4.57 Å². The molecule has 0 fully saturated rings. The van der Waals surface area contributed by atoms with Gasteiger partial charge in [-0.25, -0.2) is 0 Å². The van der Waals surface area contributed by atoms with E-state index >= 15 is 0 Å². The van der Waals surface area contributed by atoms with Gasteiger partial charge in [0.25, 0.3) is 0 Å². The van der Waals surface area contributed by atoms with Crippen LogP contribution >= 0.6 is 8.25 Å². The summed E-state index contributed by atoms with van der Waals surface area (Å²) in [5, 5.41) is 0. The zero-order valence-electron chi connectivity index (χ0n) is 6.90. The molecular formula is C7H11O3PZn. The van der Waals surface area contributed by atoms with Crippen molar-refractivity contribution in [3.05, 3.63) is 30.3 Å². The molecule has 1 rings (SSSR count). The zero-order valence-corrected chi connectivity index (χ0v) is 10.9. The van der Waals surface area contributed by atoms with Crippen LogP contribution in [0.3, 0.4) is 0 Å². The molecular weight excluding hydrogens is 228 g/mol. The van der Waals surface area contributed by atoms with E-state index in [1.54, 1.807) is 4.16 Å². The molecule has 0 unspecified atom stereocenters. The fourth-order valence-corrected chi connectivity index (χ4v) is 2.27. The Bertz CT molecular complexity index is 223. The second kappa shape index (κ2) is 7.63. The first-order valence-corrected chi connectivity index (χ1v) is 9.38. The van der Waals surface area contributed by atoms with Crippen molar-refractivity contribution in [2.75, 3.05) is 0 Å². The minimum absolute atomic E-state index is 0.276. The summed E-state index contributed by atoms with van der Waals surface area (Å²) < 4.78 is 10.3. The van der Waals surface area contributed by atoms with E-state index in [4.69, 9.17) is 14.4 Å². The van der Waals surface area contributed by atoms with E-state index < -0.39 is 8.25 Å². The molecule has 0 saturated carbocycles. The van der Waals surface area contributed by atoms with Gasteiger partial charge in [0.15, 0.2) is 0 Å². The molecule has 64 valence electrons. The molecule has 0 radical (unpaired) electrons. The molecule has 0 heterocycles. The second-order valence-electron chi connectivity index (χ2n) is 2.12. The summed E-state index contributed by atoms with van der Waals surface area (Å²) in [6, 6.07) is 10.7. The Hall–Kier alpha value is -0.00662. The number of hydrogen-bond donors (Lipinski definition) is 2. The van der Waals surface area contributed by atoms with E-state index in [0.717, 1.165) is 0 Å². The van der Waals surface area contributed by atoms with Gasteiger partial charge in [0, 0.05) is 0 Å². The van der Waals surface area contributed by atoms with E-state index in [-0.39, 0.29) is 17.1 Å². The number of benzene rings is 1. The Morgan fingerprint density at radius 1 is 1.25 bits per heavy atom. The predicted octanol–water partition coefficient (Wildman–Crippen LogP) is 0.803. The molecule has 12 heavy (non-hydrogen) atoms. The van der Waals surface area contributed by atoms with E-state index in [0.29, 0.717) is 0 Å². The van der Waals surface area contributed by atoms with Gasteiger partial charge in [-0.2, -0.15) is 0 Å². The third-order valence-electron chi connectivity index (χ3n) is 1.25. The molecule has 0 aliphatic carbocycles. The summed E-state index contributed by atoms with van der Waals surface area (Å²) >= 11 is -0.276. The van der Waals surface area contributed by atoms with Crippen LogP contribution in [0.4, 0.5) is 0 Å². The van der Waals surface area contributed by atoms with Crippen LogP contribution in [-0.4, -0.2) is 9.79 Å². The van der Waals surface area contributed by atoms with Crippen LogP contribution in [0.15, 0.2) is 30.3 Å². The van der Waals surface area contributed by atoms with Crippen molar-refractivity contribution in [1.82, 2.24) is 0 Å². The SMILES string of the molecule is O=[PH](O)O.[CH3][Zn][c]1ccccc1. The topological polar surface area (TPSA) is 57.5 Å². The monoisotopic (exact) mass is 238 g/mol. The molecule has 0 aliphatic heterocycles. The third kappa shape index (κ3) is 8.09. The predicted molar refractivity (Wildman–Crippen MR) is 45.4 cm³/mol. The van der Waals surface area contributed by atoms with Gasteiger partial charge in [-0.15, -0.1) is 0 Å². The van der Waals surface area contributed by atoms with Gasteiger partial charge >= 0.3 is 65.4 Å². The summed E-state index contributed by atoms with van der Waals surface area (Å²) in [4.78, 5) is 14.3. The van der Waals surface area contributed by atoms with Gasteiger partial charge in [0.2, 0.25) is 0 Å². The Balaban J connectivity index is 0.000000261. The third-order valence-corrected chi connectivity index (χ3v) is 3.95. The molecule has 3 nitrogen and oxygen atoms in total. The van der Waals surface area contributed by atoms with Gasteiger partial charge in [-0.1, -0.05) is 0 Å². The van der Waals surface area contributed by atoms with Crippen molar-refractivity contribution in [3.8, 4) is 0 Å². The zero-order chi connectivity index (χ0) is 9.40. The van der Waals surface area contributed by atoms with Crippen molar-refractivity contribution in [2.24, 2.45) is 0 Å². The van der Waals surface area contributed by atoms with Crippen LogP contribution in [-0.2, 0) is 21.7 Å². The molecule has 0 aliphatic rings. The van der Waals surface area contributed by atoms with Crippen molar-refractivity contribution < 1.29 is 31.5 Å². The summed E-state index contributed by atoms with van der Waals surface area (Å²) in [5.41, 5.74) is 2.35. The van der Waals surface area contributed by atoms with Gasteiger partial charge in [0.05, 0.1) is 0 Å². The van der Waals surface area contributed by atoms with Crippen molar-refractivity contribution in [2.45, 2.75) is 5.52 Å². The van der Waals surface area contributed by atoms with Crippen molar-refractivity contribution in [1.29, 1.82) is 0 Å². The Kier molecular flexibility index (Phi) is 7.63. The molecule has 0 atom stereocenters. The van der Waals surface area contributed by atoms with Crippen molar-refractivity contribution in [3.63, 3.8) is 0 Å².